The van der Waals surface area contributed by atoms with E-state index in [0.29, 0.717) is 24.6 Å². The molecule has 21 heavy (non-hydrogen) atoms. The van der Waals surface area contributed by atoms with Gasteiger partial charge in [-0.05, 0) is 33.6 Å². The second-order valence-electron chi connectivity index (χ2n) is 6.23. The molecule has 1 aliphatic heterocycles. The molecule has 1 fully saturated rings. The number of nitrogen functional groups attached to an aromatic ring is 1. The van der Waals surface area contributed by atoms with Crippen molar-refractivity contribution in [2.75, 3.05) is 18.9 Å². The second-order valence-corrected chi connectivity index (χ2v) is 6.23. The summed E-state index contributed by atoms with van der Waals surface area (Å²) in [5.74, 6) is 0.617. The summed E-state index contributed by atoms with van der Waals surface area (Å²) in [6.45, 7) is 6.73. The van der Waals surface area contributed by atoms with E-state index < -0.39 is 5.60 Å². The molecule has 1 aromatic heterocycles. The summed E-state index contributed by atoms with van der Waals surface area (Å²) in [6.07, 6.45) is 4.77. The summed E-state index contributed by atoms with van der Waals surface area (Å²) in [5.41, 5.74) is 5.74. The van der Waals surface area contributed by atoms with Gasteiger partial charge in [-0.1, -0.05) is 0 Å². The molecule has 2 rings (SSSR count). The minimum atomic E-state index is -0.483. The zero-order valence-corrected chi connectivity index (χ0v) is 12.8. The number of carbonyl (C=O) groups is 1. The number of ether oxygens (including phenoxy) is 2. The third kappa shape index (κ3) is 4.51. The Morgan fingerprint density at radius 3 is 2.90 bits per heavy atom. The lowest BCUT2D eigenvalue weighted by atomic mass is 10.2. The quantitative estimate of drug-likeness (QED) is 0.926. The van der Waals surface area contributed by atoms with Gasteiger partial charge in [0, 0.05) is 12.6 Å². The fraction of sp³-hybridized carbons (Fsp3) is 0.600. The average Bonchev–Trinajstić information content (AvgIpc) is 2.83. The van der Waals surface area contributed by atoms with Crippen LogP contribution in [0, 0.1) is 0 Å². The minimum absolute atomic E-state index is 0.0290. The van der Waals surface area contributed by atoms with Gasteiger partial charge in [0.1, 0.15) is 18.0 Å². The number of hydrogen-bond donors (Lipinski definition) is 1. The Bertz CT molecular complexity index is 499. The molecule has 0 spiro atoms. The number of likely N-dealkylation sites (tertiary alicyclic amines) is 1. The Balaban J connectivity index is 1.91. The summed E-state index contributed by atoms with van der Waals surface area (Å²) in [7, 11) is 0. The predicted octanol–water partition coefficient (Wildman–Crippen LogP) is 2.44. The summed E-state index contributed by atoms with van der Waals surface area (Å²) in [5, 5.41) is 0. The van der Waals surface area contributed by atoms with Crippen LogP contribution in [0.4, 0.5) is 10.5 Å². The van der Waals surface area contributed by atoms with Crippen LogP contribution in [0.15, 0.2) is 18.5 Å². The molecule has 116 valence electrons. The maximum Gasteiger partial charge on any atom is 0.410 e. The maximum atomic E-state index is 12.2. The topological polar surface area (TPSA) is 77.7 Å². The second kappa shape index (κ2) is 6.20. The molecule has 1 aliphatic rings. The van der Waals surface area contributed by atoms with Crippen molar-refractivity contribution in [3.05, 3.63) is 18.5 Å². The highest BCUT2D eigenvalue weighted by atomic mass is 16.6. The van der Waals surface area contributed by atoms with E-state index in [-0.39, 0.29) is 12.1 Å². The van der Waals surface area contributed by atoms with Gasteiger partial charge in [0.15, 0.2) is 0 Å². The van der Waals surface area contributed by atoms with Crippen molar-refractivity contribution in [1.29, 1.82) is 0 Å². The van der Waals surface area contributed by atoms with Crippen LogP contribution < -0.4 is 10.5 Å². The molecule has 1 amide bonds. The van der Waals surface area contributed by atoms with Crippen molar-refractivity contribution in [2.24, 2.45) is 0 Å². The lowest BCUT2D eigenvalue weighted by molar-refractivity contribution is 0.0187. The van der Waals surface area contributed by atoms with Crippen molar-refractivity contribution in [3.63, 3.8) is 0 Å². The van der Waals surface area contributed by atoms with Crippen LogP contribution >= 0.6 is 0 Å². The summed E-state index contributed by atoms with van der Waals surface area (Å²) >= 11 is 0. The molecule has 1 aromatic rings. The summed E-state index contributed by atoms with van der Waals surface area (Å²) in [4.78, 5) is 17.9. The normalized spacial score (nSPS) is 18.6. The van der Waals surface area contributed by atoms with E-state index in [2.05, 4.69) is 4.98 Å². The summed E-state index contributed by atoms with van der Waals surface area (Å²) in [6, 6.07) is 1.75. The molecule has 2 heterocycles. The number of hydrogen-bond acceptors (Lipinski definition) is 5. The Morgan fingerprint density at radius 2 is 2.24 bits per heavy atom. The van der Waals surface area contributed by atoms with Crippen molar-refractivity contribution >= 4 is 11.8 Å². The highest BCUT2D eigenvalue weighted by molar-refractivity contribution is 5.69. The van der Waals surface area contributed by atoms with Crippen molar-refractivity contribution < 1.29 is 14.3 Å². The van der Waals surface area contributed by atoms with Gasteiger partial charge in [0.05, 0.1) is 24.1 Å². The Labute approximate surface area is 125 Å². The number of anilines is 1. The van der Waals surface area contributed by atoms with Gasteiger partial charge in [-0.15, -0.1) is 0 Å². The van der Waals surface area contributed by atoms with E-state index >= 15 is 0 Å². The SMILES string of the molecule is CC(C)(C)OC(=O)N1CCC[C@@H]1COc1cncc(N)c1. The highest BCUT2D eigenvalue weighted by Gasteiger charge is 2.32. The Kier molecular flexibility index (Phi) is 4.55. The zero-order chi connectivity index (χ0) is 15.5. The van der Waals surface area contributed by atoms with Gasteiger partial charge in [-0.3, -0.25) is 4.98 Å². The van der Waals surface area contributed by atoms with Gasteiger partial charge in [0.2, 0.25) is 0 Å². The van der Waals surface area contributed by atoms with E-state index in [0.717, 1.165) is 12.8 Å². The molecular formula is C15H23N3O3. The fourth-order valence-electron chi connectivity index (χ4n) is 2.28. The number of nitrogens with two attached hydrogens (primary N) is 1. The standard InChI is InChI=1S/C15H23N3O3/c1-15(2,3)21-14(19)18-6-4-5-12(18)10-20-13-7-11(16)8-17-9-13/h7-9,12H,4-6,10,16H2,1-3H3/t12-/m1/s1. The van der Waals surface area contributed by atoms with Gasteiger partial charge in [0.25, 0.3) is 0 Å². The number of carbonyl (C=O) groups excluding carboxylic acids is 1. The van der Waals surface area contributed by atoms with Crippen LogP contribution in [0.2, 0.25) is 0 Å². The molecule has 6 heteroatoms. The molecule has 2 N–H and O–H groups in total. The van der Waals surface area contributed by atoms with E-state index in [1.807, 2.05) is 20.8 Å². The van der Waals surface area contributed by atoms with E-state index in [1.165, 1.54) is 0 Å². The van der Waals surface area contributed by atoms with Crippen LogP contribution in [0.5, 0.6) is 5.75 Å². The van der Waals surface area contributed by atoms with Gasteiger partial charge < -0.3 is 20.1 Å². The third-order valence-corrected chi connectivity index (χ3v) is 3.18. The zero-order valence-electron chi connectivity index (χ0n) is 12.8. The molecular weight excluding hydrogens is 270 g/mol. The lowest BCUT2D eigenvalue weighted by Crippen LogP contribution is -2.42. The van der Waals surface area contributed by atoms with Gasteiger partial charge in [-0.25, -0.2) is 4.79 Å². The fourth-order valence-corrected chi connectivity index (χ4v) is 2.28. The van der Waals surface area contributed by atoms with Crippen LogP contribution in [-0.4, -0.2) is 40.8 Å². The monoisotopic (exact) mass is 293 g/mol. The average molecular weight is 293 g/mol. The van der Waals surface area contributed by atoms with E-state index in [1.54, 1.807) is 23.4 Å². The first kappa shape index (κ1) is 15.4. The molecule has 0 aromatic carbocycles. The highest BCUT2D eigenvalue weighted by Crippen LogP contribution is 2.22. The first-order chi connectivity index (χ1) is 9.85. The van der Waals surface area contributed by atoms with E-state index in [9.17, 15) is 4.79 Å². The lowest BCUT2D eigenvalue weighted by Gasteiger charge is -2.28. The molecule has 6 nitrogen and oxygen atoms in total. The molecule has 0 aliphatic carbocycles. The van der Waals surface area contributed by atoms with Crippen LogP contribution in [0.3, 0.4) is 0 Å². The number of aromatic nitrogens is 1. The van der Waals surface area contributed by atoms with Crippen LogP contribution in [-0.2, 0) is 4.74 Å². The Hall–Kier alpha value is -1.98. The summed E-state index contributed by atoms with van der Waals surface area (Å²) < 4.78 is 11.1. The predicted molar refractivity (Wildman–Crippen MR) is 80.1 cm³/mol. The molecule has 1 atom stereocenters. The minimum Gasteiger partial charge on any atom is -0.490 e. The third-order valence-electron chi connectivity index (χ3n) is 3.18. The van der Waals surface area contributed by atoms with Crippen molar-refractivity contribution in [1.82, 2.24) is 9.88 Å². The van der Waals surface area contributed by atoms with Gasteiger partial charge in [-0.2, -0.15) is 0 Å². The molecule has 0 saturated carbocycles. The number of amides is 1. The van der Waals surface area contributed by atoms with Crippen molar-refractivity contribution in [2.45, 2.75) is 45.3 Å². The number of rotatable bonds is 3. The molecule has 0 bridgehead atoms. The molecule has 1 saturated heterocycles. The number of nitrogens with zero attached hydrogens (tertiary/aromatic N) is 2. The molecule has 0 unspecified atom stereocenters. The van der Waals surface area contributed by atoms with Crippen LogP contribution in [0.25, 0.3) is 0 Å². The largest absolute Gasteiger partial charge is 0.490 e. The molecule has 0 radical (unpaired) electrons. The van der Waals surface area contributed by atoms with Crippen LogP contribution in [0.1, 0.15) is 33.6 Å². The van der Waals surface area contributed by atoms with Crippen molar-refractivity contribution in [3.8, 4) is 5.75 Å². The first-order valence-corrected chi connectivity index (χ1v) is 7.18. The van der Waals surface area contributed by atoms with E-state index in [4.69, 9.17) is 15.2 Å². The Morgan fingerprint density at radius 1 is 1.48 bits per heavy atom. The number of pyridine rings is 1. The smallest absolute Gasteiger partial charge is 0.410 e. The maximum absolute atomic E-state index is 12.2. The van der Waals surface area contributed by atoms with Gasteiger partial charge >= 0.3 is 6.09 Å². The first-order valence-electron chi connectivity index (χ1n) is 7.18.